The molecule has 0 unspecified atom stereocenters. The molecule has 0 spiro atoms. The van der Waals surface area contributed by atoms with Gasteiger partial charge in [0.15, 0.2) is 0 Å². The summed E-state index contributed by atoms with van der Waals surface area (Å²) >= 11 is 0. The summed E-state index contributed by atoms with van der Waals surface area (Å²) in [5, 5.41) is 3.10. The predicted molar refractivity (Wildman–Crippen MR) is 107 cm³/mol. The predicted octanol–water partition coefficient (Wildman–Crippen LogP) is 3.02. The highest BCUT2D eigenvalue weighted by molar-refractivity contribution is 5.97. The number of benzene rings is 2. The number of carbonyl (C=O) groups excluding carboxylic acids is 2. The molecule has 0 aliphatic heterocycles. The maximum absolute atomic E-state index is 12.6. The van der Waals surface area contributed by atoms with Crippen LogP contribution in [0.25, 0.3) is 17.0 Å². The van der Waals surface area contributed by atoms with Gasteiger partial charge in [0.05, 0.1) is 7.11 Å². The maximum Gasteiger partial charge on any atom is 0.355 e. The summed E-state index contributed by atoms with van der Waals surface area (Å²) < 4.78 is 15.7. The Balaban J connectivity index is 1.85. The zero-order valence-corrected chi connectivity index (χ0v) is 15.9. The van der Waals surface area contributed by atoms with Crippen molar-refractivity contribution in [2.45, 2.75) is 13.5 Å². The summed E-state index contributed by atoms with van der Waals surface area (Å²) in [7, 11) is 1.51. The van der Waals surface area contributed by atoms with Crippen molar-refractivity contribution in [3.05, 3.63) is 81.8 Å². The minimum atomic E-state index is -0.723. The number of fused-ring (bicyclic) bond motifs is 1. The highest BCUT2D eigenvalue weighted by atomic mass is 16.5. The first kappa shape index (κ1) is 19.9. The monoisotopic (exact) mass is 393 g/mol. The molecule has 29 heavy (non-hydrogen) atoms. The average molecular weight is 393 g/mol. The lowest BCUT2D eigenvalue weighted by Crippen LogP contribution is -2.26. The first-order chi connectivity index (χ1) is 14.0. The average Bonchev–Trinajstić information content (AvgIpc) is 2.71. The van der Waals surface area contributed by atoms with E-state index in [2.05, 4.69) is 5.32 Å². The van der Waals surface area contributed by atoms with Crippen molar-refractivity contribution < 1.29 is 23.5 Å². The fourth-order valence-electron chi connectivity index (χ4n) is 2.73. The van der Waals surface area contributed by atoms with Crippen molar-refractivity contribution in [3.63, 3.8) is 0 Å². The van der Waals surface area contributed by atoms with Crippen LogP contribution in [0.5, 0.6) is 5.75 Å². The van der Waals surface area contributed by atoms with E-state index < -0.39 is 17.5 Å². The molecule has 0 fully saturated rings. The molecule has 1 amide bonds. The van der Waals surface area contributed by atoms with Gasteiger partial charge < -0.3 is 19.2 Å². The van der Waals surface area contributed by atoms with Crippen LogP contribution < -0.4 is 15.7 Å². The lowest BCUT2D eigenvalue weighted by molar-refractivity contribution is -0.141. The number of amides is 1. The molecular formula is C22H19NO6. The summed E-state index contributed by atoms with van der Waals surface area (Å²) in [5.41, 5.74) is 0.960. The van der Waals surface area contributed by atoms with Gasteiger partial charge in [-0.2, -0.15) is 0 Å². The normalized spacial score (nSPS) is 11.2. The second-order valence-corrected chi connectivity index (χ2v) is 6.18. The number of ether oxygens (including phenoxy) is 2. The first-order valence-corrected chi connectivity index (χ1v) is 8.78. The molecule has 1 aromatic heterocycles. The topological polar surface area (TPSA) is 94.8 Å². The molecule has 148 valence electrons. The van der Waals surface area contributed by atoms with Crippen LogP contribution in [-0.2, 0) is 20.9 Å². The second kappa shape index (κ2) is 8.88. The summed E-state index contributed by atoms with van der Waals surface area (Å²) in [5.74, 6) is -0.588. The summed E-state index contributed by atoms with van der Waals surface area (Å²) in [6.45, 7) is 1.13. The third-order valence-electron chi connectivity index (χ3n) is 4.04. The molecule has 7 heteroatoms. The number of carbonyl (C=O) groups is 2. The number of methoxy groups -OCH3 is 1. The fourth-order valence-corrected chi connectivity index (χ4v) is 2.73. The minimum absolute atomic E-state index is 0.00218. The minimum Gasteiger partial charge on any atom is -0.497 e. The number of nitrogens with one attached hydrogen (secondary N) is 1. The molecule has 0 aliphatic carbocycles. The van der Waals surface area contributed by atoms with E-state index in [0.29, 0.717) is 22.3 Å². The largest absolute Gasteiger partial charge is 0.497 e. The van der Waals surface area contributed by atoms with Gasteiger partial charge in [-0.05, 0) is 23.8 Å². The third-order valence-corrected chi connectivity index (χ3v) is 4.04. The van der Waals surface area contributed by atoms with Crippen LogP contribution in [0.1, 0.15) is 18.1 Å². The Morgan fingerprint density at radius 2 is 1.86 bits per heavy atom. The van der Waals surface area contributed by atoms with E-state index in [1.54, 1.807) is 30.3 Å². The van der Waals surface area contributed by atoms with Crippen LogP contribution in [0.2, 0.25) is 0 Å². The zero-order chi connectivity index (χ0) is 20.8. The molecule has 0 radical (unpaired) electrons. The fraction of sp³-hybridized carbons (Fsp3) is 0.136. The van der Waals surface area contributed by atoms with Gasteiger partial charge in [0.1, 0.15) is 23.6 Å². The highest BCUT2D eigenvalue weighted by Gasteiger charge is 2.15. The maximum atomic E-state index is 12.6. The molecule has 0 atom stereocenters. The van der Waals surface area contributed by atoms with Crippen LogP contribution in [0.15, 0.2) is 69.5 Å². The van der Waals surface area contributed by atoms with Gasteiger partial charge in [-0.3, -0.25) is 4.79 Å². The van der Waals surface area contributed by atoms with Gasteiger partial charge in [-0.15, -0.1) is 0 Å². The zero-order valence-electron chi connectivity index (χ0n) is 15.9. The third kappa shape index (κ3) is 5.10. The lowest BCUT2D eigenvalue weighted by Gasteiger charge is -2.11. The molecule has 3 rings (SSSR count). The molecular weight excluding hydrogens is 374 g/mol. The Bertz CT molecular complexity index is 1130. The van der Waals surface area contributed by atoms with Crippen LogP contribution in [0, 0.1) is 0 Å². The van der Waals surface area contributed by atoms with Crippen molar-refractivity contribution >= 4 is 28.9 Å². The summed E-state index contributed by atoms with van der Waals surface area (Å²) in [6, 6.07) is 15.3. The van der Waals surface area contributed by atoms with E-state index in [-0.39, 0.29) is 12.3 Å². The number of hydrogen-bond acceptors (Lipinski definition) is 6. The van der Waals surface area contributed by atoms with E-state index in [9.17, 15) is 14.4 Å². The standard InChI is InChI=1S/C22H19NO6/c1-14(24)23-19(10-15-6-4-3-5-7-15)22(26)28-13-16-11-21(25)29-20-12-17(27-2)8-9-18(16)20/h3-12H,13H2,1-2H3,(H,23,24)/b19-10-. The van der Waals surface area contributed by atoms with Gasteiger partial charge in [-0.1, -0.05) is 30.3 Å². The van der Waals surface area contributed by atoms with E-state index in [1.165, 1.54) is 26.2 Å². The molecule has 0 saturated carbocycles. The van der Waals surface area contributed by atoms with Crippen LogP contribution in [0.3, 0.4) is 0 Å². The first-order valence-electron chi connectivity index (χ1n) is 8.78. The van der Waals surface area contributed by atoms with Crippen molar-refractivity contribution in [2.75, 3.05) is 7.11 Å². The van der Waals surface area contributed by atoms with E-state index >= 15 is 0 Å². The van der Waals surface area contributed by atoms with Crippen LogP contribution >= 0.6 is 0 Å². The Labute approximate surface area is 166 Å². The molecule has 3 aromatic rings. The molecule has 0 bridgehead atoms. The number of hydrogen-bond donors (Lipinski definition) is 1. The second-order valence-electron chi connectivity index (χ2n) is 6.18. The SMILES string of the molecule is COc1ccc2c(COC(=O)/C(=C/c3ccccc3)NC(C)=O)cc(=O)oc2c1. The number of rotatable bonds is 6. The van der Waals surface area contributed by atoms with E-state index in [0.717, 1.165) is 5.56 Å². The van der Waals surface area contributed by atoms with Crippen LogP contribution in [0.4, 0.5) is 0 Å². The van der Waals surface area contributed by atoms with E-state index in [1.807, 2.05) is 18.2 Å². The van der Waals surface area contributed by atoms with Gasteiger partial charge in [0.2, 0.25) is 5.91 Å². The quantitative estimate of drug-likeness (QED) is 0.393. The van der Waals surface area contributed by atoms with Gasteiger partial charge in [0.25, 0.3) is 0 Å². The molecule has 0 saturated heterocycles. The Kier molecular flexibility index (Phi) is 6.09. The van der Waals surface area contributed by atoms with Crippen molar-refractivity contribution in [1.29, 1.82) is 0 Å². The highest BCUT2D eigenvalue weighted by Crippen LogP contribution is 2.23. The molecule has 1 heterocycles. The van der Waals surface area contributed by atoms with Gasteiger partial charge >= 0.3 is 11.6 Å². The Hall–Kier alpha value is -3.87. The molecule has 7 nitrogen and oxygen atoms in total. The number of esters is 1. The molecule has 1 N–H and O–H groups in total. The van der Waals surface area contributed by atoms with Gasteiger partial charge in [0, 0.05) is 30.0 Å². The smallest absolute Gasteiger partial charge is 0.355 e. The summed E-state index contributed by atoms with van der Waals surface area (Å²) in [6.07, 6.45) is 1.52. The molecule has 2 aromatic carbocycles. The van der Waals surface area contributed by atoms with Gasteiger partial charge in [-0.25, -0.2) is 9.59 Å². The van der Waals surface area contributed by atoms with Crippen molar-refractivity contribution in [3.8, 4) is 5.75 Å². The molecule has 0 aliphatic rings. The van der Waals surface area contributed by atoms with Crippen LogP contribution in [-0.4, -0.2) is 19.0 Å². The summed E-state index contributed by atoms with van der Waals surface area (Å²) in [4.78, 5) is 35.9. The lowest BCUT2D eigenvalue weighted by atomic mass is 10.1. The van der Waals surface area contributed by atoms with Crippen molar-refractivity contribution in [1.82, 2.24) is 5.32 Å². The van der Waals surface area contributed by atoms with E-state index in [4.69, 9.17) is 13.9 Å². The Morgan fingerprint density at radius 1 is 1.10 bits per heavy atom. The van der Waals surface area contributed by atoms with Crippen molar-refractivity contribution in [2.24, 2.45) is 0 Å². The Morgan fingerprint density at radius 3 is 2.55 bits per heavy atom.